The predicted octanol–water partition coefficient (Wildman–Crippen LogP) is 0.967. The molecule has 1 rings (SSSR count). The highest BCUT2D eigenvalue weighted by Crippen LogP contribution is 2.26. The van der Waals surface area contributed by atoms with Crippen LogP contribution in [0.4, 0.5) is 5.69 Å². The predicted molar refractivity (Wildman–Crippen MR) is 85.6 cm³/mol. The quantitative estimate of drug-likeness (QED) is 0.596. The highest BCUT2D eigenvalue weighted by Gasteiger charge is 2.12. The second-order valence-electron chi connectivity index (χ2n) is 4.34. The van der Waals surface area contributed by atoms with Gasteiger partial charge in [0.05, 0.1) is 24.4 Å². The summed E-state index contributed by atoms with van der Waals surface area (Å²) in [4.78, 5) is 3.96. The van der Waals surface area contributed by atoms with Gasteiger partial charge in [-0.15, -0.1) is 0 Å². The Balaban J connectivity index is 2.63. The molecule has 1 aromatic rings. The standard InChI is InChI=1S/C12H19ClN4O3S/c1-17(2)21(18,19)7-6-15-12(14)16-9-4-5-11(20-3)10(13)8-9/h4-5,8H,6-7H2,1-3H3,(H3,14,15,16). The summed E-state index contributed by atoms with van der Waals surface area (Å²) in [6.07, 6.45) is 0. The van der Waals surface area contributed by atoms with Gasteiger partial charge >= 0.3 is 0 Å². The number of anilines is 1. The van der Waals surface area contributed by atoms with Gasteiger partial charge in [0.1, 0.15) is 5.75 Å². The lowest BCUT2D eigenvalue weighted by molar-refractivity contribution is 0.415. The van der Waals surface area contributed by atoms with Crippen molar-refractivity contribution in [2.75, 3.05) is 38.8 Å². The highest BCUT2D eigenvalue weighted by atomic mass is 35.5. The van der Waals surface area contributed by atoms with E-state index in [1.54, 1.807) is 18.2 Å². The largest absolute Gasteiger partial charge is 0.495 e. The van der Waals surface area contributed by atoms with E-state index in [4.69, 9.17) is 22.1 Å². The summed E-state index contributed by atoms with van der Waals surface area (Å²) in [5.74, 6) is 0.561. The molecule has 0 aliphatic carbocycles. The number of nitrogens with one attached hydrogen (secondary N) is 1. The fourth-order valence-electron chi connectivity index (χ4n) is 1.40. The molecule has 1 aromatic carbocycles. The molecule has 0 saturated heterocycles. The minimum Gasteiger partial charge on any atom is -0.495 e. The number of nitrogens with two attached hydrogens (primary N) is 1. The van der Waals surface area contributed by atoms with Gasteiger partial charge in [0, 0.05) is 19.8 Å². The van der Waals surface area contributed by atoms with E-state index in [-0.39, 0.29) is 18.3 Å². The Morgan fingerprint density at radius 1 is 1.48 bits per heavy atom. The van der Waals surface area contributed by atoms with Gasteiger partial charge in [-0.1, -0.05) is 11.6 Å². The first-order valence-corrected chi connectivity index (χ1v) is 8.05. The maximum absolute atomic E-state index is 11.5. The number of ether oxygens (including phenoxy) is 1. The average Bonchev–Trinajstić information content (AvgIpc) is 2.38. The van der Waals surface area contributed by atoms with Crippen LogP contribution in [0.1, 0.15) is 0 Å². The molecule has 0 radical (unpaired) electrons. The van der Waals surface area contributed by atoms with Crippen LogP contribution in [-0.4, -0.2) is 52.2 Å². The van der Waals surface area contributed by atoms with E-state index in [2.05, 4.69) is 10.3 Å². The fraction of sp³-hybridized carbons (Fsp3) is 0.417. The van der Waals surface area contributed by atoms with Crippen molar-refractivity contribution < 1.29 is 13.2 Å². The summed E-state index contributed by atoms with van der Waals surface area (Å²) in [7, 11) is 1.19. The van der Waals surface area contributed by atoms with Crippen LogP contribution in [0.2, 0.25) is 5.02 Å². The molecule has 0 aliphatic rings. The molecule has 0 spiro atoms. The molecule has 0 amide bonds. The normalized spacial score (nSPS) is 12.5. The SMILES string of the molecule is COc1ccc(NC(N)=NCCS(=O)(=O)N(C)C)cc1Cl. The van der Waals surface area contributed by atoms with Crippen molar-refractivity contribution in [1.82, 2.24) is 4.31 Å². The molecule has 7 nitrogen and oxygen atoms in total. The first kappa shape index (κ1) is 17.5. The third-order valence-electron chi connectivity index (χ3n) is 2.61. The van der Waals surface area contributed by atoms with E-state index in [9.17, 15) is 8.42 Å². The van der Waals surface area contributed by atoms with Crippen LogP contribution in [0, 0.1) is 0 Å². The number of hydrogen-bond acceptors (Lipinski definition) is 4. The van der Waals surface area contributed by atoms with Crippen molar-refractivity contribution in [3.63, 3.8) is 0 Å². The molecular weight excluding hydrogens is 316 g/mol. The topological polar surface area (TPSA) is 97.0 Å². The van der Waals surface area contributed by atoms with Crippen LogP contribution in [0.5, 0.6) is 5.75 Å². The molecule has 3 N–H and O–H groups in total. The summed E-state index contributed by atoms with van der Waals surface area (Å²) in [5.41, 5.74) is 6.32. The summed E-state index contributed by atoms with van der Waals surface area (Å²) < 4.78 is 29.3. The van der Waals surface area contributed by atoms with Gasteiger partial charge in [-0.05, 0) is 18.2 Å². The van der Waals surface area contributed by atoms with Crippen molar-refractivity contribution in [3.8, 4) is 5.75 Å². The van der Waals surface area contributed by atoms with E-state index in [0.717, 1.165) is 4.31 Å². The van der Waals surface area contributed by atoms with Gasteiger partial charge in [0.2, 0.25) is 10.0 Å². The Morgan fingerprint density at radius 3 is 2.67 bits per heavy atom. The summed E-state index contributed by atoms with van der Waals surface area (Å²) in [5, 5.41) is 3.26. The molecule has 0 saturated carbocycles. The van der Waals surface area contributed by atoms with Gasteiger partial charge in [-0.3, -0.25) is 4.99 Å². The molecule has 0 aromatic heterocycles. The number of aliphatic imine (C=N–C) groups is 1. The first-order chi connectivity index (χ1) is 9.76. The molecule has 0 aliphatic heterocycles. The van der Waals surface area contributed by atoms with Crippen molar-refractivity contribution >= 4 is 33.3 Å². The van der Waals surface area contributed by atoms with E-state index >= 15 is 0 Å². The number of rotatable bonds is 6. The van der Waals surface area contributed by atoms with Crippen LogP contribution in [0.15, 0.2) is 23.2 Å². The lowest BCUT2D eigenvalue weighted by atomic mass is 10.3. The Morgan fingerprint density at radius 2 is 2.14 bits per heavy atom. The van der Waals surface area contributed by atoms with Crippen molar-refractivity contribution in [2.24, 2.45) is 10.7 Å². The van der Waals surface area contributed by atoms with Crippen molar-refractivity contribution in [1.29, 1.82) is 0 Å². The Bertz CT molecular complexity index is 617. The van der Waals surface area contributed by atoms with E-state index in [1.807, 2.05) is 0 Å². The first-order valence-electron chi connectivity index (χ1n) is 6.07. The third-order valence-corrected chi connectivity index (χ3v) is 4.72. The van der Waals surface area contributed by atoms with Crippen LogP contribution >= 0.6 is 11.6 Å². The summed E-state index contributed by atoms with van der Waals surface area (Å²) in [6, 6.07) is 5.05. The lowest BCUT2D eigenvalue weighted by Gasteiger charge is -2.10. The lowest BCUT2D eigenvalue weighted by Crippen LogP contribution is -2.28. The smallest absolute Gasteiger partial charge is 0.215 e. The van der Waals surface area contributed by atoms with E-state index in [0.29, 0.717) is 16.5 Å². The molecule has 0 bridgehead atoms. The van der Waals surface area contributed by atoms with Gasteiger partial charge in [-0.25, -0.2) is 12.7 Å². The van der Waals surface area contributed by atoms with Crippen LogP contribution < -0.4 is 15.8 Å². The number of methoxy groups -OCH3 is 1. The number of hydrogen-bond donors (Lipinski definition) is 2. The number of halogens is 1. The van der Waals surface area contributed by atoms with E-state index < -0.39 is 10.0 Å². The Labute approximate surface area is 129 Å². The molecule has 0 unspecified atom stereocenters. The molecule has 0 fully saturated rings. The molecule has 118 valence electrons. The van der Waals surface area contributed by atoms with Gasteiger partial charge < -0.3 is 15.8 Å². The van der Waals surface area contributed by atoms with E-state index in [1.165, 1.54) is 21.2 Å². The zero-order valence-electron chi connectivity index (χ0n) is 12.1. The maximum Gasteiger partial charge on any atom is 0.215 e. The highest BCUT2D eigenvalue weighted by molar-refractivity contribution is 7.89. The van der Waals surface area contributed by atoms with Crippen LogP contribution in [0.3, 0.4) is 0 Å². The number of benzene rings is 1. The Kier molecular flexibility index (Phi) is 6.25. The van der Waals surface area contributed by atoms with Gasteiger partial charge in [0.15, 0.2) is 5.96 Å². The fourth-order valence-corrected chi connectivity index (χ4v) is 2.34. The molecule has 0 atom stereocenters. The summed E-state index contributed by atoms with van der Waals surface area (Å²) in [6.45, 7) is 0.0727. The van der Waals surface area contributed by atoms with Gasteiger partial charge in [0.25, 0.3) is 0 Å². The summed E-state index contributed by atoms with van der Waals surface area (Å²) >= 11 is 5.98. The minimum atomic E-state index is -3.28. The second-order valence-corrected chi connectivity index (χ2v) is 7.05. The van der Waals surface area contributed by atoms with Crippen molar-refractivity contribution in [3.05, 3.63) is 23.2 Å². The van der Waals surface area contributed by atoms with Crippen molar-refractivity contribution in [2.45, 2.75) is 0 Å². The number of guanidine groups is 1. The van der Waals surface area contributed by atoms with Crippen LogP contribution in [0.25, 0.3) is 0 Å². The van der Waals surface area contributed by atoms with Gasteiger partial charge in [-0.2, -0.15) is 0 Å². The molecule has 0 heterocycles. The second kappa shape index (κ2) is 7.48. The average molecular weight is 335 g/mol. The zero-order valence-corrected chi connectivity index (χ0v) is 13.7. The number of nitrogens with zero attached hydrogens (tertiary/aromatic N) is 2. The monoisotopic (exact) mass is 334 g/mol. The zero-order chi connectivity index (χ0) is 16.0. The minimum absolute atomic E-state index is 0.0727. The molecule has 21 heavy (non-hydrogen) atoms. The Hall–Kier alpha value is -1.51. The number of sulfonamides is 1. The molecular formula is C12H19ClN4O3S. The maximum atomic E-state index is 11.5. The van der Waals surface area contributed by atoms with Crippen LogP contribution in [-0.2, 0) is 10.0 Å². The third kappa shape index (κ3) is 5.41. The molecule has 9 heteroatoms.